The van der Waals surface area contributed by atoms with Gasteiger partial charge in [-0.3, -0.25) is 4.79 Å². The van der Waals surface area contributed by atoms with Crippen LogP contribution in [0.5, 0.6) is 0 Å². The number of hydrogen-bond donors (Lipinski definition) is 2. The number of anilines is 1. The quantitative estimate of drug-likeness (QED) is 0.441. The van der Waals surface area contributed by atoms with E-state index in [-0.39, 0.29) is 17.9 Å². The molecule has 146 valence electrons. The van der Waals surface area contributed by atoms with Gasteiger partial charge in [0, 0.05) is 28.1 Å². The SMILES string of the molecule is CCCCNC(=O)c1cccc2c1NC(c1c(Cl)cccc1Cl)C1CC=CC21. The van der Waals surface area contributed by atoms with E-state index in [1.807, 2.05) is 30.3 Å². The summed E-state index contributed by atoms with van der Waals surface area (Å²) in [5.41, 5.74) is 3.66. The Balaban J connectivity index is 1.75. The molecule has 28 heavy (non-hydrogen) atoms. The number of rotatable bonds is 5. The highest BCUT2D eigenvalue weighted by molar-refractivity contribution is 6.36. The van der Waals surface area contributed by atoms with Crippen molar-refractivity contribution in [2.45, 2.75) is 38.1 Å². The topological polar surface area (TPSA) is 41.1 Å². The first-order chi connectivity index (χ1) is 13.6. The van der Waals surface area contributed by atoms with E-state index < -0.39 is 0 Å². The van der Waals surface area contributed by atoms with Crippen molar-refractivity contribution in [3.8, 4) is 0 Å². The van der Waals surface area contributed by atoms with Gasteiger partial charge in [0.05, 0.1) is 17.3 Å². The van der Waals surface area contributed by atoms with E-state index in [2.05, 4.69) is 35.8 Å². The van der Waals surface area contributed by atoms with Gasteiger partial charge in [-0.15, -0.1) is 0 Å². The van der Waals surface area contributed by atoms with Gasteiger partial charge in [-0.2, -0.15) is 0 Å². The molecule has 0 bridgehead atoms. The summed E-state index contributed by atoms with van der Waals surface area (Å²) in [4.78, 5) is 12.8. The molecule has 1 heterocycles. The molecule has 0 aromatic heterocycles. The number of allylic oxidation sites excluding steroid dienone is 2. The van der Waals surface area contributed by atoms with Crippen molar-refractivity contribution in [1.29, 1.82) is 0 Å². The molecule has 1 aliphatic carbocycles. The van der Waals surface area contributed by atoms with Crippen LogP contribution >= 0.6 is 23.2 Å². The fourth-order valence-corrected chi connectivity index (χ4v) is 5.01. The van der Waals surface area contributed by atoms with Gasteiger partial charge in [-0.05, 0) is 42.5 Å². The Morgan fingerprint density at radius 1 is 1.18 bits per heavy atom. The fourth-order valence-electron chi connectivity index (χ4n) is 4.38. The first kappa shape index (κ1) is 19.4. The van der Waals surface area contributed by atoms with Crippen LogP contribution in [0.4, 0.5) is 5.69 Å². The Morgan fingerprint density at radius 3 is 2.68 bits per heavy atom. The molecule has 5 heteroatoms. The van der Waals surface area contributed by atoms with Crippen molar-refractivity contribution in [3.63, 3.8) is 0 Å². The van der Waals surface area contributed by atoms with Gasteiger partial charge < -0.3 is 10.6 Å². The second-order valence-electron chi connectivity index (χ2n) is 7.49. The molecule has 1 amide bonds. The van der Waals surface area contributed by atoms with Crippen molar-refractivity contribution in [2.75, 3.05) is 11.9 Å². The van der Waals surface area contributed by atoms with Crippen LogP contribution in [0.15, 0.2) is 48.6 Å². The summed E-state index contributed by atoms with van der Waals surface area (Å²) in [6, 6.07) is 11.5. The number of halogens is 2. The molecule has 0 radical (unpaired) electrons. The minimum atomic E-state index is -0.0432. The van der Waals surface area contributed by atoms with Crippen molar-refractivity contribution < 1.29 is 4.79 Å². The second kappa shape index (κ2) is 8.18. The Bertz CT molecular complexity index is 905. The fraction of sp³-hybridized carbons (Fsp3) is 0.348. The predicted octanol–water partition coefficient (Wildman–Crippen LogP) is 6.35. The van der Waals surface area contributed by atoms with Gasteiger partial charge in [0.2, 0.25) is 0 Å². The first-order valence-electron chi connectivity index (χ1n) is 9.90. The molecule has 0 spiro atoms. The largest absolute Gasteiger partial charge is 0.377 e. The number of unbranched alkanes of at least 4 members (excludes halogenated alkanes) is 1. The summed E-state index contributed by atoms with van der Waals surface area (Å²) in [7, 11) is 0. The molecule has 3 atom stereocenters. The Morgan fingerprint density at radius 2 is 1.93 bits per heavy atom. The summed E-state index contributed by atoms with van der Waals surface area (Å²) >= 11 is 13.1. The zero-order valence-corrected chi connectivity index (χ0v) is 17.4. The van der Waals surface area contributed by atoms with Crippen LogP contribution in [-0.2, 0) is 0 Å². The lowest BCUT2D eigenvalue weighted by Crippen LogP contribution is -2.32. The van der Waals surface area contributed by atoms with Crippen LogP contribution in [0.3, 0.4) is 0 Å². The monoisotopic (exact) mass is 414 g/mol. The highest BCUT2D eigenvalue weighted by Crippen LogP contribution is 2.52. The number of carbonyl (C=O) groups is 1. The highest BCUT2D eigenvalue weighted by atomic mass is 35.5. The number of hydrogen-bond acceptors (Lipinski definition) is 2. The lowest BCUT2D eigenvalue weighted by atomic mass is 9.76. The highest BCUT2D eigenvalue weighted by Gasteiger charge is 2.40. The van der Waals surface area contributed by atoms with Crippen LogP contribution in [0, 0.1) is 5.92 Å². The normalized spacial score (nSPS) is 22.3. The third-order valence-corrected chi connectivity index (χ3v) is 6.43. The van der Waals surface area contributed by atoms with Gasteiger partial charge in [0.25, 0.3) is 5.91 Å². The first-order valence-corrected chi connectivity index (χ1v) is 10.7. The molecule has 2 aliphatic rings. The van der Waals surface area contributed by atoms with Crippen LogP contribution in [0.1, 0.15) is 59.6 Å². The molecule has 4 rings (SSSR count). The molecule has 2 aromatic rings. The van der Waals surface area contributed by atoms with Gasteiger partial charge in [0.1, 0.15) is 0 Å². The van der Waals surface area contributed by atoms with E-state index in [4.69, 9.17) is 23.2 Å². The Hall–Kier alpha value is -1.97. The van der Waals surface area contributed by atoms with Crippen molar-refractivity contribution >= 4 is 34.8 Å². The summed E-state index contributed by atoms with van der Waals surface area (Å²) < 4.78 is 0. The van der Waals surface area contributed by atoms with Gasteiger partial charge >= 0.3 is 0 Å². The Labute approximate surface area is 176 Å². The van der Waals surface area contributed by atoms with Crippen LogP contribution in [0.2, 0.25) is 10.0 Å². The van der Waals surface area contributed by atoms with Crippen LogP contribution in [-0.4, -0.2) is 12.5 Å². The standard InChI is InChI=1S/C23H24Cl2N2O/c1-2-3-13-26-23(28)17-10-5-8-15-14-7-4-9-16(14)22(27-21(15)17)20-18(24)11-6-12-19(20)25/h4-8,10-12,14,16,22,27H,2-3,9,13H2,1H3,(H,26,28). The van der Waals surface area contributed by atoms with E-state index >= 15 is 0 Å². The molecule has 0 fully saturated rings. The third-order valence-electron chi connectivity index (χ3n) is 5.77. The molecule has 0 saturated heterocycles. The smallest absolute Gasteiger partial charge is 0.253 e. The lowest BCUT2D eigenvalue weighted by Gasteiger charge is -2.39. The zero-order valence-electron chi connectivity index (χ0n) is 15.8. The molecule has 2 aromatic carbocycles. The molecule has 3 unspecified atom stereocenters. The van der Waals surface area contributed by atoms with E-state index in [1.165, 1.54) is 5.56 Å². The summed E-state index contributed by atoms with van der Waals surface area (Å²) in [6.45, 7) is 2.80. The maximum absolute atomic E-state index is 12.8. The maximum atomic E-state index is 12.8. The maximum Gasteiger partial charge on any atom is 0.253 e. The molecular formula is C23H24Cl2N2O. The molecule has 2 N–H and O–H groups in total. The number of benzene rings is 2. The van der Waals surface area contributed by atoms with Crippen molar-refractivity contribution in [3.05, 3.63) is 75.3 Å². The zero-order chi connectivity index (χ0) is 19.7. The van der Waals surface area contributed by atoms with Crippen LogP contribution < -0.4 is 10.6 Å². The number of fused-ring (bicyclic) bond motifs is 3. The predicted molar refractivity (Wildman–Crippen MR) is 116 cm³/mol. The van der Waals surface area contributed by atoms with E-state index in [9.17, 15) is 4.79 Å². The van der Waals surface area contributed by atoms with Gasteiger partial charge in [0.15, 0.2) is 0 Å². The average Bonchev–Trinajstić information content (AvgIpc) is 3.18. The van der Waals surface area contributed by atoms with Gasteiger partial charge in [-0.1, -0.05) is 66.9 Å². The third kappa shape index (κ3) is 3.42. The number of amides is 1. The van der Waals surface area contributed by atoms with E-state index in [0.717, 1.165) is 30.5 Å². The second-order valence-corrected chi connectivity index (χ2v) is 8.30. The summed E-state index contributed by atoms with van der Waals surface area (Å²) in [5, 5.41) is 7.99. The number of carbonyl (C=O) groups excluding carboxylic acids is 1. The molecule has 3 nitrogen and oxygen atoms in total. The minimum Gasteiger partial charge on any atom is -0.377 e. The number of para-hydroxylation sites is 1. The summed E-state index contributed by atoms with van der Waals surface area (Å²) in [6.07, 6.45) is 7.45. The Kier molecular flexibility index (Phi) is 5.65. The molecular weight excluding hydrogens is 391 g/mol. The van der Waals surface area contributed by atoms with Crippen LogP contribution in [0.25, 0.3) is 0 Å². The molecule has 1 aliphatic heterocycles. The van der Waals surface area contributed by atoms with E-state index in [0.29, 0.717) is 28.1 Å². The molecule has 0 saturated carbocycles. The minimum absolute atomic E-state index is 0.0396. The van der Waals surface area contributed by atoms with Gasteiger partial charge in [-0.25, -0.2) is 0 Å². The van der Waals surface area contributed by atoms with Crippen molar-refractivity contribution in [2.24, 2.45) is 5.92 Å². The lowest BCUT2D eigenvalue weighted by molar-refractivity contribution is 0.0953. The van der Waals surface area contributed by atoms with E-state index in [1.54, 1.807) is 0 Å². The number of nitrogens with one attached hydrogen (secondary N) is 2. The van der Waals surface area contributed by atoms with Crippen molar-refractivity contribution in [1.82, 2.24) is 5.32 Å². The summed E-state index contributed by atoms with van der Waals surface area (Å²) in [5.74, 6) is 0.530. The average molecular weight is 415 g/mol.